The second-order valence-electron chi connectivity index (χ2n) is 6.38. The van der Waals surface area contributed by atoms with Crippen LogP contribution in [-0.2, 0) is 0 Å². The van der Waals surface area contributed by atoms with Crippen molar-refractivity contribution in [1.29, 1.82) is 0 Å². The highest BCUT2D eigenvalue weighted by atomic mass is 15.3. The molecule has 0 aromatic heterocycles. The Morgan fingerprint density at radius 1 is 1.11 bits per heavy atom. The Labute approximate surface area is 112 Å². The van der Waals surface area contributed by atoms with Gasteiger partial charge in [-0.15, -0.1) is 0 Å². The lowest BCUT2D eigenvalue weighted by Crippen LogP contribution is -2.50. The van der Waals surface area contributed by atoms with Gasteiger partial charge in [0, 0.05) is 51.9 Å². The summed E-state index contributed by atoms with van der Waals surface area (Å²) < 4.78 is 0. The summed E-state index contributed by atoms with van der Waals surface area (Å²) in [4.78, 5) is 7.39. The Morgan fingerprint density at radius 2 is 1.72 bits per heavy atom. The Balaban J connectivity index is 1.57. The van der Waals surface area contributed by atoms with Crippen LogP contribution in [0.4, 0.5) is 0 Å². The van der Waals surface area contributed by atoms with Crippen LogP contribution in [0.2, 0.25) is 0 Å². The van der Waals surface area contributed by atoms with Gasteiger partial charge in [-0.25, -0.2) is 0 Å². The molecular formula is C14H30N4. The summed E-state index contributed by atoms with van der Waals surface area (Å²) >= 11 is 0. The van der Waals surface area contributed by atoms with Gasteiger partial charge in [0.2, 0.25) is 0 Å². The molecule has 0 amide bonds. The Morgan fingerprint density at radius 3 is 2.28 bits per heavy atom. The molecule has 2 N–H and O–H groups in total. The van der Waals surface area contributed by atoms with Crippen LogP contribution < -0.4 is 5.73 Å². The largest absolute Gasteiger partial charge is 0.327 e. The lowest BCUT2D eigenvalue weighted by molar-refractivity contribution is 0.119. The molecule has 0 bridgehead atoms. The minimum Gasteiger partial charge on any atom is -0.327 e. The summed E-state index contributed by atoms with van der Waals surface area (Å²) in [6.45, 7) is 8.31. The van der Waals surface area contributed by atoms with Crippen LogP contribution in [-0.4, -0.2) is 80.7 Å². The summed E-state index contributed by atoms with van der Waals surface area (Å²) in [5.41, 5.74) is 6.22. The Hall–Kier alpha value is -0.160. The average molecular weight is 254 g/mol. The number of rotatable bonds is 7. The molecule has 1 aliphatic heterocycles. The standard InChI is InChI=1S/C14H30N4/c1-16(2)5-6-17-7-9-18(10-8-17)12-14(15)11-13-3-4-13/h13-14H,3-12,15H2,1-2H3. The van der Waals surface area contributed by atoms with Gasteiger partial charge in [-0.2, -0.15) is 0 Å². The van der Waals surface area contributed by atoms with E-state index in [0.29, 0.717) is 6.04 Å². The van der Waals surface area contributed by atoms with Gasteiger partial charge in [-0.05, 0) is 26.4 Å². The van der Waals surface area contributed by atoms with Crippen molar-refractivity contribution in [1.82, 2.24) is 14.7 Å². The van der Waals surface area contributed by atoms with Gasteiger partial charge in [0.05, 0.1) is 0 Å². The number of likely N-dealkylation sites (N-methyl/N-ethyl adjacent to an activating group) is 1. The van der Waals surface area contributed by atoms with Crippen molar-refractivity contribution < 1.29 is 0 Å². The van der Waals surface area contributed by atoms with Crippen LogP contribution in [0.1, 0.15) is 19.3 Å². The molecule has 4 heteroatoms. The third kappa shape index (κ3) is 5.22. The predicted molar refractivity (Wildman–Crippen MR) is 76.8 cm³/mol. The van der Waals surface area contributed by atoms with E-state index in [2.05, 4.69) is 28.8 Å². The van der Waals surface area contributed by atoms with Crippen LogP contribution in [0.15, 0.2) is 0 Å². The van der Waals surface area contributed by atoms with Gasteiger partial charge in [0.25, 0.3) is 0 Å². The van der Waals surface area contributed by atoms with Crippen LogP contribution in [0.3, 0.4) is 0 Å². The highest BCUT2D eigenvalue weighted by Gasteiger charge is 2.25. The molecular weight excluding hydrogens is 224 g/mol. The van der Waals surface area contributed by atoms with E-state index in [0.717, 1.165) is 12.5 Å². The molecule has 0 aromatic carbocycles. The van der Waals surface area contributed by atoms with Crippen molar-refractivity contribution in [2.24, 2.45) is 11.7 Å². The third-order valence-corrected chi connectivity index (χ3v) is 4.15. The molecule has 4 nitrogen and oxygen atoms in total. The van der Waals surface area contributed by atoms with Gasteiger partial charge in [0.1, 0.15) is 0 Å². The van der Waals surface area contributed by atoms with Gasteiger partial charge in [0.15, 0.2) is 0 Å². The number of nitrogens with two attached hydrogens (primary N) is 1. The first-order valence-electron chi connectivity index (χ1n) is 7.48. The summed E-state index contributed by atoms with van der Waals surface area (Å²) in [7, 11) is 4.29. The molecule has 2 fully saturated rings. The quantitative estimate of drug-likeness (QED) is 0.708. The zero-order valence-corrected chi connectivity index (χ0v) is 12.1. The molecule has 0 radical (unpaired) electrons. The maximum Gasteiger partial charge on any atom is 0.0170 e. The highest BCUT2D eigenvalue weighted by Crippen LogP contribution is 2.33. The summed E-state index contributed by atoms with van der Waals surface area (Å²) in [5, 5.41) is 0. The molecule has 0 spiro atoms. The SMILES string of the molecule is CN(C)CCN1CCN(CC(N)CC2CC2)CC1. The highest BCUT2D eigenvalue weighted by molar-refractivity contribution is 4.82. The minimum absolute atomic E-state index is 0.408. The molecule has 2 rings (SSSR count). The Bertz CT molecular complexity index is 232. The molecule has 106 valence electrons. The van der Waals surface area contributed by atoms with Gasteiger partial charge in [-0.3, -0.25) is 9.80 Å². The van der Waals surface area contributed by atoms with Crippen molar-refractivity contribution in [3.8, 4) is 0 Å². The molecule has 2 aliphatic rings. The molecule has 18 heavy (non-hydrogen) atoms. The summed E-state index contributed by atoms with van der Waals surface area (Å²) in [6.07, 6.45) is 4.10. The van der Waals surface area contributed by atoms with E-state index >= 15 is 0 Å². The van der Waals surface area contributed by atoms with E-state index in [4.69, 9.17) is 5.73 Å². The average Bonchev–Trinajstić information content (AvgIpc) is 3.12. The molecule has 1 saturated heterocycles. The first-order chi connectivity index (χ1) is 8.63. The van der Waals surface area contributed by atoms with E-state index in [1.54, 1.807) is 0 Å². The summed E-state index contributed by atoms with van der Waals surface area (Å²) in [5.74, 6) is 0.960. The van der Waals surface area contributed by atoms with Crippen molar-refractivity contribution in [2.45, 2.75) is 25.3 Å². The fourth-order valence-electron chi connectivity index (χ4n) is 2.72. The zero-order valence-electron chi connectivity index (χ0n) is 12.1. The first kappa shape index (κ1) is 14.3. The lowest BCUT2D eigenvalue weighted by Gasteiger charge is -2.36. The van der Waals surface area contributed by atoms with E-state index in [1.165, 1.54) is 58.5 Å². The number of nitrogens with zero attached hydrogens (tertiary/aromatic N) is 3. The number of hydrogen-bond acceptors (Lipinski definition) is 4. The number of hydrogen-bond donors (Lipinski definition) is 1. The second kappa shape index (κ2) is 6.85. The van der Waals surface area contributed by atoms with E-state index in [-0.39, 0.29) is 0 Å². The molecule has 1 atom stereocenters. The molecule has 1 heterocycles. The van der Waals surface area contributed by atoms with Gasteiger partial charge >= 0.3 is 0 Å². The second-order valence-corrected chi connectivity index (χ2v) is 6.38. The predicted octanol–water partition coefficient (Wildman–Crippen LogP) is 0.293. The fraction of sp³-hybridized carbons (Fsp3) is 1.00. The Kier molecular flexibility index (Phi) is 5.42. The zero-order chi connectivity index (χ0) is 13.0. The first-order valence-corrected chi connectivity index (χ1v) is 7.48. The van der Waals surface area contributed by atoms with Gasteiger partial charge in [-0.1, -0.05) is 12.8 Å². The minimum atomic E-state index is 0.408. The monoisotopic (exact) mass is 254 g/mol. The summed E-state index contributed by atoms with van der Waals surface area (Å²) in [6, 6.07) is 0.408. The normalized spacial score (nSPS) is 24.7. The van der Waals surface area contributed by atoms with E-state index in [1.807, 2.05) is 0 Å². The lowest BCUT2D eigenvalue weighted by atomic mass is 10.1. The maximum atomic E-state index is 6.22. The molecule has 1 aliphatic carbocycles. The third-order valence-electron chi connectivity index (χ3n) is 4.15. The van der Waals surface area contributed by atoms with Crippen molar-refractivity contribution in [3.63, 3.8) is 0 Å². The van der Waals surface area contributed by atoms with Crippen LogP contribution in [0.5, 0.6) is 0 Å². The van der Waals surface area contributed by atoms with Crippen LogP contribution in [0, 0.1) is 5.92 Å². The maximum absolute atomic E-state index is 6.22. The van der Waals surface area contributed by atoms with Gasteiger partial charge < -0.3 is 10.6 Å². The molecule has 1 unspecified atom stereocenters. The fourth-order valence-corrected chi connectivity index (χ4v) is 2.72. The van der Waals surface area contributed by atoms with Crippen LogP contribution >= 0.6 is 0 Å². The van der Waals surface area contributed by atoms with Crippen molar-refractivity contribution in [3.05, 3.63) is 0 Å². The van der Waals surface area contributed by atoms with E-state index in [9.17, 15) is 0 Å². The van der Waals surface area contributed by atoms with Crippen LogP contribution in [0.25, 0.3) is 0 Å². The van der Waals surface area contributed by atoms with E-state index < -0.39 is 0 Å². The topological polar surface area (TPSA) is 35.7 Å². The van der Waals surface area contributed by atoms with Crippen molar-refractivity contribution >= 4 is 0 Å². The molecule has 1 saturated carbocycles. The smallest absolute Gasteiger partial charge is 0.0170 e. The number of piperazine rings is 1. The van der Waals surface area contributed by atoms with Crippen molar-refractivity contribution in [2.75, 3.05) is 59.9 Å². The molecule has 0 aromatic rings.